The molecule has 2 nitrogen and oxygen atoms in total. The first kappa shape index (κ1) is 13.7. The molecule has 1 unspecified atom stereocenters. The fourth-order valence-electron chi connectivity index (χ4n) is 2.03. The first-order valence-electron chi connectivity index (χ1n) is 6.79. The predicted molar refractivity (Wildman–Crippen MR) is 69.7 cm³/mol. The maximum absolute atomic E-state index is 5.59. The van der Waals surface area contributed by atoms with Gasteiger partial charge in [-0.2, -0.15) is 0 Å². The van der Waals surface area contributed by atoms with Crippen molar-refractivity contribution in [1.82, 2.24) is 5.32 Å². The van der Waals surface area contributed by atoms with Crippen molar-refractivity contribution in [1.29, 1.82) is 0 Å². The van der Waals surface area contributed by atoms with Crippen LogP contribution in [0.4, 0.5) is 0 Å². The second-order valence-electron chi connectivity index (χ2n) is 4.93. The average molecular weight is 225 g/mol. The van der Waals surface area contributed by atoms with Crippen LogP contribution in [0.1, 0.15) is 52.4 Å². The molecule has 1 saturated heterocycles. The van der Waals surface area contributed by atoms with E-state index in [0.29, 0.717) is 12.1 Å². The average Bonchev–Trinajstić information content (AvgIpc) is 2.74. The molecule has 0 amide bonds. The van der Waals surface area contributed by atoms with Crippen molar-refractivity contribution < 1.29 is 4.74 Å². The maximum atomic E-state index is 5.59. The van der Waals surface area contributed by atoms with Crippen molar-refractivity contribution in [2.45, 2.75) is 64.5 Å². The summed E-state index contributed by atoms with van der Waals surface area (Å²) in [5.74, 6) is 0. The minimum absolute atomic E-state index is 0.566. The molecule has 1 aliphatic rings. The molecule has 0 aromatic carbocycles. The van der Waals surface area contributed by atoms with Crippen LogP contribution in [-0.4, -0.2) is 25.3 Å². The molecule has 1 aliphatic heterocycles. The highest BCUT2D eigenvalue weighted by atomic mass is 16.5. The Hall–Kier alpha value is -0.340. The highest BCUT2D eigenvalue weighted by Gasteiger charge is 2.13. The van der Waals surface area contributed by atoms with E-state index in [9.17, 15) is 0 Å². The van der Waals surface area contributed by atoms with Crippen LogP contribution in [0.3, 0.4) is 0 Å². The lowest BCUT2D eigenvalue weighted by Crippen LogP contribution is -2.23. The molecule has 0 saturated carbocycles. The van der Waals surface area contributed by atoms with Gasteiger partial charge < -0.3 is 10.1 Å². The molecule has 16 heavy (non-hydrogen) atoms. The maximum Gasteiger partial charge on any atom is 0.0576 e. The second-order valence-corrected chi connectivity index (χ2v) is 4.93. The Morgan fingerprint density at radius 3 is 2.81 bits per heavy atom. The molecule has 0 aliphatic carbocycles. The van der Waals surface area contributed by atoms with Crippen molar-refractivity contribution in [3.05, 3.63) is 12.2 Å². The number of allylic oxidation sites excluding steroid dienone is 1. The quantitative estimate of drug-likeness (QED) is 0.505. The fourth-order valence-corrected chi connectivity index (χ4v) is 2.03. The van der Waals surface area contributed by atoms with Gasteiger partial charge in [-0.25, -0.2) is 0 Å². The summed E-state index contributed by atoms with van der Waals surface area (Å²) in [7, 11) is 0. The van der Waals surface area contributed by atoms with E-state index in [4.69, 9.17) is 4.74 Å². The lowest BCUT2D eigenvalue weighted by Gasteiger charge is -2.07. The third kappa shape index (κ3) is 7.02. The lowest BCUT2D eigenvalue weighted by molar-refractivity contribution is 0.103. The molecule has 0 spiro atoms. The largest absolute Gasteiger partial charge is 0.378 e. The van der Waals surface area contributed by atoms with Gasteiger partial charge in [0.05, 0.1) is 6.10 Å². The van der Waals surface area contributed by atoms with Gasteiger partial charge in [-0.15, -0.1) is 0 Å². The van der Waals surface area contributed by atoms with Gasteiger partial charge in [0.1, 0.15) is 0 Å². The lowest BCUT2D eigenvalue weighted by atomic mass is 10.1. The fraction of sp³-hybridized carbons (Fsp3) is 0.857. The third-order valence-corrected chi connectivity index (χ3v) is 2.95. The molecule has 2 heteroatoms. The summed E-state index contributed by atoms with van der Waals surface area (Å²) in [5.41, 5.74) is 0. The highest BCUT2D eigenvalue weighted by molar-refractivity contribution is 4.82. The number of hydrogen-bond acceptors (Lipinski definition) is 2. The second kappa shape index (κ2) is 8.77. The van der Waals surface area contributed by atoms with Crippen LogP contribution in [0.5, 0.6) is 0 Å². The van der Waals surface area contributed by atoms with Crippen molar-refractivity contribution in [2.75, 3.05) is 13.2 Å². The molecule has 0 aromatic rings. The Kier molecular flexibility index (Phi) is 7.52. The van der Waals surface area contributed by atoms with Crippen LogP contribution < -0.4 is 5.32 Å². The minimum atomic E-state index is 0.566. The van der Waals surface area contributed by atoms with E-state index in [1.807, 2.05) is 0 Å². The van der Waals surface area contributed by atoms with Crippen molar-refractivity contribution in [3.8, 4) is 0 Å². The number of unbranched alkanes of at least 4 members (excludes halogenated alkanes) is 1. The van der Waals surface area contributed by atoms with Gasteiger partial charge in [-0.1, -0.05) is 26.0 Å². The van der Waals surface area contributed by atoms with Crippen molar-refractivity contribution >= 4 is 0 Å². The van der Waals surface area contributed by atoms with E-state index >= 15 is 0 Å². The Balaban J connectivity index is 1.84. The van der Waals surface area contributed by atoms with Crippen molar-refractivity contribution in [2.24, 2.45) is 0 Å². The summed E-state index contributed by atoms with van der Waals surface area (Å²) in [6, 6.07) is 0.605. The molecule has 0 aromatic heterocycles. The zero-order chi connectivity index (χ0) is 11.6. The summed E-state index contributed by atoms with van der Waals surface area (Å²) in [5, 5.41) is 3.41. The van der Waals surface area contributed by atoms with Gasteiger partial charge >= 0.3 is 0 Å². The van der Waals surface area contributed by atoms with Crippen molar-refractivity contribution in [3.63, 3.8) is 0 Å². The van der Waals surface area contributed by atoms with E-state index < -0.39 is 0 Å². The van der Waals surface area contributed by atoms with Gasteiger partial charge in [-0.3, -0.25) is 0 Å². The molecule has 0 radical (unpaired) electrons. The molecule has 1 N–H and O–H groups in total. The summed E-state index contributed by atoms with van der Waals surface area (Å²) in [6.07, 6.45) is 12.6. The van der Waals surface area contributed by atoms with E-state index in [2.05, 4.69) is 31.3 Å². The first-order chi connectivity index (χ1) is 7.79. The summed E-state index contributed by atoms with van der Waals surface area (Å²) in [4.78, 5) is 0. The summed E-state index contributed by atoms with van der Waals surface area (Å²) >= 11 is 0. The Morgan fingerprint density at radius 2 is 2.12 bits per heavy atom. The van der Waals surface area contributed by atoms with Crippen LogP contribution in [0.15, 0.2) is 12.2 Å². The number of ether oxygens (including phenoxy) is 1. The number of hydrogen-bond donors (Lipinski definition) is 1. The van der Waals surface area contributed by atoms with Gasteiger partial charge in [0, 0.05) is 12.6 Å². The zero-order valence-corrected chi connectivity index (χ0v) is 10.9. The van der Waals surface area contributed by atoms with Crippen LogP contribution in [0.2, 0.25) is 0 Å². The molecule has 94 valence electrons. The topological polar surface area (TPSA) is 21.3 Å². The predicted octanol–water partition coefficient (Wildman–Crippen LogP) is 3.28. The van der Waals surface area contributed by atoms with Crippen LogP contribution in [0, 0.1) is 0 Å². The zero-order valence-electron chi connectivity index (χ0n) is 10.9. The molecule has 1 heterocycles. The van der Waals surface area contributed by atoms with E-state index in [1.165, 1.54) is 32.1 Å². The molecular formula is C14H27NO. The smallest absolute Gasteiger partial charge is 0.0576 e. The van der Waals surface area contributed by atoms with Crippen LogP contribution in [0.25, 0.3) is 0 Å². The highest BCUT2D eigenvalue weighted by Crippen LogP contribution is 2.17. The van der Waals surface area contributed by atoms with Gasteiger partial charge in [0.2, 0.25) is 0 Å². The van der Waals surface area contributed by atoms with Gasteiger partial charge in [-0.05, 0) is 45.1 Å². The van der Waals surface area contributed by atoms with E-state index in [-0.39, 0.29) is 0 Å². The van der Waals surface area contributed by atoms with Crippen LogP contribution in [-0.2, 0) is 4.74 Å². The summed E-state index contributed by atoms with van der Waals surface area (Å²) < 4.78 is 5.59. The minimum Gasteiger partial charge on any atom is -0.378 e. The molecule has 0 bridgehead atoms. The molecule has 1 fully saturated rings. The third-order valence-electron chi connectivity index (χ3n) is 2.95. The molecular weight excluding hydrogens is 198 g/mol. The normalized spacial score (nSPS) is 21.3. The Bertz CT molecular complexity index is 183. The molecule has 1 atom stereocenters. The van der Waals surface area contributed by atoms with Crippen LogP contribution >= 0.6 is 0 Å². The standard InChI is InChI=1S/C14H27NO/c1-13(2)15-11-7-5-3-4-6-9-14-10-8-12-16-14/h3,5,13-15H,4,6-12H2,1-2H3. The Labute approximate surface area is 100 Å². The van der Waals surface area contributed by atoms with E-state index in [0.717, 1.165) is 19.6 Å². The number of nitrogens with one attached hydrogen (secondary N) is 1. The monoisotopic (exact) mass is 225 g/mol. The Morgan fingerprint density at radius 1 is 1.31 bits per heavy atom. The first-order valence-corrected chi connectivity index (χ1v) is 6.79. The van der Waals surface area contributed by atoms with Gasteiger partial charge in [0.15, 0.2) is 0 Å². The van der Waals surface area contributed by atoms with Gasteiger partial charge in [0.25, 0.3) is 0 Å². The van der Waals surface area contributed by atoms with E-state index in [1.54, 1.807) is 0 Å². The SMILES string of the molecule is CC(C)NCCC=CCCCC1CCCO1. The number of rotatable bonds is 8. The summed E-state index contributed by atoms with van der Waals surface area (Å²) in [6.45, 7) is 6.46. The molecule has 1 rings (SSSR count).